The molecule has 0 aromatic carbocycles. The summed E-state index contributed by atoms with van der Waals surface area (Å²) in [5, 5.41) is 2.85. The second-order valence-corrected chi connectivity index (χ2v) is 6.87. The van der Waals surface area contributed by atoms with Crippen molar-refractivity contribution in [3.05, 3.63) is 18.5 Å². The number of ether oxygens (including phenoxy) is 1. The topological polar surface area (TPSA) is 71.5 Å². The van der Waals surface area contributed by atoms with E-state index >= 15 is 0 Å². The van der Waals surface area contributed by atoms with Gasteiger partial charge in [0.2, 0.25) is 11.8 Å². The van der Waals surface area contributed by atoms with Crippen LogP contribution in [0.1, 0.15) is 25.7 Å². The van der Waals surface area contributed by atoms with Gasteiger partial charge in [-0.2, -0.15) is 0 Å². The lowest BCUT2D eigenvalue weighted by Gasteiger charge is -2.26. The second kappa shape index (κ2) is 7.21. The number of thioether (sulfide) groups is 1. The average molecular weight is 335 g/mol. The summed E-state index contributed by atoms with van der Waals surface area (Å²) in [6.07, 6.45) is 7.29. The number of hydrogen-bond donors (Lipinski definition) is 1. The van der Waals surface area contributed by atoms with Crippen LogP contribution in [0.5, 0.6) is 5.75 Å². The van der Waals surface area contributed by atoms with Crippen LogP contribution in [0, 0.1) is 5.92 Å². The van der Waals surface area contributed by atoms with Gasteiger partial charge in [-0.1, -0.05) is 12.8 Å². The minimum Gasteiger partial charge on any atom is -0.494 e. The van der Waals surface area contributed by atoms with Gasteiger partial charge in [0.15, 0.2) is 0 Å². The zero-order valence-electron chi connectivity index (χ0n) is 13.2. The largest absolute Gasteiger partial charge is 0.494 e. The molecule has 0 radical (unpaired) electrons. The highest BCUT2D eigenvalue weighted by molar-refractivity contribution is 7.99. The molecule has 7 heteroatoms. The monoisotopic (exact) mass is 335 g/mol. The molecule has 124 valence electrons. The first-order chi connectivity index (χ1) is 11.2. The van der Waals surface area contributed by atoms with Gasteiger partial charge < -0.3 is 15.0 Å². The van der Waals surface area contributed by atoms with Crippen molar-refractivity contribution in [1.29, 1.82) is 0 Å². The number of hydrogen-bond acceptors (Lipinski definition) is 5. The summed E-state index contributed by atoms with van der Waals surface area (Å²) in [4.78, 5) is 31.0. The van der Waals surface area contributed by atoms with Crippen molar-refractivity contribution in [2.24, 2.45) is 5.92 Å². The number of pyridine rings is 1. The molecule has 1 N–H and O–H groups in total. The number of nitrogens with one attached hydrogen (secondary N) is 1. The third kappa shape index (κ3) is 3.44. The first-order valence-corrected chi connectivity index (χ1v) is 9.03. The van der Waals surface area contributed by atoms with E-state index in [2.05, 4.69) is 10.3 Å². The number of carbonyl (C=O) groups excluding carboxylic acids is 2. The third-order valence-corrected chi connectivity index (χ3v) is 5.44. The molecule has 1 aromatic heterocycles. The van der Waals surface area contributed by atoms with Crippen molar-refractivity contribution in [2.45, 2.75) is 31.7 Å². The van der Waals surface area contributed by atoms with Crippen molar-refractivity contribution in [2.75, 3.05) is 24.1 Å². The molecule has 1 aliphatic carbocycles. The number of anilines is 1. The van der Waals surface area contributed by atoms with Gasteiger partial charge in [-0.05, 0) is 12.8 Å². The molecule has 1 aromatic rings. The van der Waals surface area contributed by atoms with E-state index < -0.39 is 6.04 Å². The van der Waals surface area contributed by atoms with Crippen LogP contribution in [0.2, 0.25) is 0 Å². The van der Waals surface area contributed by atoms with Crippen molar-refractivity contribution < 1.29 is 14.3 Å². The summed E-state index contributed by atoms with van der Waals surface area (Å²) in [7, 11) is 1.55. The van der Waals surface area contributed by atoms with E-state index in [-0.39, 0.29) is 17.7 Å². The summed E-state index contributed by atoms with van der Waals surface area (Å²) in [6.45, 7) is 0. The number of methoxy groups -OCH3 is 1. The van der Waals surface area contributed by atoms with Gasteiger partial charge in [0.25, 0.3) is 0 Å². The Morgan fingerprint density at radius 3 is 2.91 bits per heavy atom. The first-order valence-electron chi connectivity index (χ1n) is 7.88. The van der Waals surface area contributed by atoms with Crippen LogP contribution in [0.4, 0.5) is 5.69 Å². The molecule has 0 unspecified atom stereocenters. The summed E-state index contributed by atoms with van der Waals surface area (Å²) >= 11 is 1.62. The van der Waals surface area contributed by atoms with E-state index in [0.717, 1.165) is 25.7 Å². The fraction of sp³-hybridized carbons (Fsp3) is 0.562. The van der Waals surface area contributed by atoms with Gasteiger partial charge in [0, 0.05) is 23.9 Å². The predicted molar refractivity (Wildman–Crippen MR) is 89.3 cm³/mol. The minimum atomic E-state index is -0.419. The number of aromatic nitrogens is 1. The molecule has 1 aliphatic heterocycles. The van der Waals surface area contributed by atoms with Crippen LogP contribution in [-0.2, 0) is 9.59 Å². The molecule has 6 nitrogen and oxygen atoms in total. The Hall–Kier alpha value is -1.76. The Morgan fingerprint density at radius 2 is 2.17 bits per heavy atom. The predicted octanol–water partition coefficient (Wildman–Crippen LogP) is 2.12. The van der Waals surface area contributed by atoms with Gasteiger partial charge >= 0.3 is 0 Å². The maximum atomic E-state index is 12.6. The maximum Gasteiger partial charge on any atom is 0.248 e. The SMILES string of the molecule is COc1ccncc1NC(=O)[C@@H]1CSCN1C(=O)C1CCCC1. The van der Waals surface area contributed by atoms with Crippen molar-refractivity contribution in [3.8, 4) is 5.75 Å². The smallest absolute Gasteiger partial charge is 0.248 e. The van der Waals surface area contributed by atoms with Gasteiger partial charge in [0.05, 0.1) is 19.2 Å². The summed E-state index contributed by atoms with van der Waals surface area (Å²) in [5.41, 5.74) is 0.533. The molecule has 2 aliphatic rings. The van der Waals surface area contributed by atoms with Gasteiger partial charge in [-0.15, -0.1) is 11.8 Å². The van der Waals surface area contributed by atoms with Crippen LogP contribution in [0.25, 0.3) is 0 Å². The summed E-state index contributed by atoms with van der Waals surface area (Å²) < 4.78 is 5.22. The molecular formula is C16H21N3O3S. The average Bonchev–Trinajstić information content (AvgIpc) is 3.26. The zero-order valence-corrected chi connectivity index (χ0v) is 14.0. The van der Waals surface area contributed by atoms with E-state index in [1.54, 1.807) is 42.2 Å². The number of amides is 2. The number of rotatable bonds is 4. The highest BCUT2D eigenvalue weighted by Crippen LogP contribution is 2.31. The van der Waals surface area contributed by atoms with Gasteiger partial charge in [-0.3, -0.25) is 14.6 Å². The lowest BCUT2D eigenvalue weighted by molar-refractivity contribution is -0.139. The molecule has 3 rings (SSSR count). The number of carbonyl (C=O) groups is 2. The normalized spacial score (nSPS) is 21.4. The number of nitrogens with zero attached hydrogens (tertiary/aromatic N) is 2. The quantitative estimate of drug-likeness (QED) is 0.912. The Kier molecular flexibility index (Phi) is 5.05. The lowest BCUT2D eigenvalue weighted by atomic mass is 10.1. The minimum absolute atomic E-state index is 0.0944. The zero-order chi connectivity index (χ0) is 16.2. The van der Waals surface area contributed by atoms with Gasteiger partial charge in [-0.25, -0.2) is 0 Å². The molecule has 2 amide bonds. The standard InChI is InChI=1S/C16H21N3O3S/c1-22-14-6-7-17-8-12(14)18-15(20)13-9-23-10-19(13)16(21)11-4-2-3-5-11/h6-8,11,13H,2-5,9-10H2,1H3,(H,18,20)/t13-/m0/s1. The van der Waals surface area contributed by atoms with E-state index in [9.17, 15) is 9.59 Å². The molecule has 2 heterocycles. The first kappa shape index (κ1) is 16.1. The van der Waals surface area contributed by atoms with Gasteiger partial charge in [0.1, 0.15) is 17.5 Å². The highest BCUT2D eigenvalue weighted by atomic mass is 32.2. The Bertz CT molecular complexity index is 590. The molecule has 1 atom stereocenters. The fourth-order valence-electron chi connectivity index (χ4n) is 3.15. The highest BCUT2D eigenvalue weighted by Gasteiger charge is 2.38. The van der Waals surface area contributed by atoms with Crippen LogP contribution >= 0.6 is 11.8 Å². The third-order valence-electron chi connectivity index (χ3n) is 4.43. The molecule has 23 heavy (non-hydrogen) atoms. The Morgan fingerprint density at radius 1 is 1.39 bits per heavy atom. The van der Waals surface area contributed by atoms with Crippen molar-refractivity contribution in [1.82, 2.24) is 9.88 Å². The van der Waals surface area contributed by atoms with Crippen LogP contribution < -0.4 is 10.1 Å². The van der Waals surface area contributed by atoms with E-state index in [1.165, 1.54) is 0 Å². The van der Waals surface area contributed by atoms with E-state index in [1.807, 2.05) is 0 Å². The van der Waals surface area contributed by atoms with Crippen LogP contribution in [0.3, 0.4) is 0 Å². The van der Waals surface area contributed by atoms with Crippen molar-refractivity contribution >= 4 is 29.3 Å². The molecule has 2 fully saturated rings. The molecule has 1 saturated carbocycles. The van der Waals surface area contributed by atoms with Crippen LogP contribution in [-0.4, -0.2) is 46.5 Å². The Balaban J connectivity index is 1.69. The maximum absolute atomic E-state index is 12.6. The molecule has 1 saturated heterocycles. The van der Waals surface area contributed by atoms with E-state index in [4.69, 9.17) is 4.74 Å². The lowest BCUT2D eigenvalue weighted by Crippen LogP contribution is -2.46. The molecule has 0 spiro atoms. The Labute approximate surface area is 140 Å². The van der Waals surface area contributed by atoms with E-state index in [0.29, 0.717) is 23.1 Å². The second-order valence-electron chi connectivity index (χ2n) is 5.87. The summed E-state index contributed by atoms with van der Waals surface area (Å²) in [5.74, 6) is 1.84. The molecular weight excluding hydrogens is 314 g/mol. The van der Waals surface area contributed by atoms with Crippen LogP contribution in [0.15, 0.2) is 18.5 Å². The molecule has 0 bridgehead atoms. The van der Waals surface area contributed by atoms with Crippen molar-refractivity contribution in [3.63, 3.8) is 0 Å². The fourth-order valence-corrected chi connectivity index (χ4v) is 4.32. The summed E-state index contributed by atoms with van der Waals surface area (Å²) in [6, 6.07) is 1.28.